The number of aryl methyl sites for hydroxylation is 1. The van der Waals surface area contributed by atoms with Gasteiger partial charge in [0.05, 0.1) is 6.61 Å². The minimum Gasteiger partial charge on any atom is -0.494 e. The van der Waals surface area contributed by atoms with Crippen molar-refractivity contribution in [3.8, 4) is 5.75 Å². The highest BCUT2D eigenvalue weighted by Crippen LogP contribution is 2.14. The van der Waals surface area contributed by atoms with Crippen molar-refractivity contribution in [1.82, 2.24) is 0 Å². The number of anilines is 1. The molecule has 0 atom stereocenters. The summed E-state index contributed by atoms with van der Waals surface area (Å²) >= 11 is 2.24. The number of rotatable bonds is 6. The van der Waals surface area contributed by atoms with Gasteiger partial charge in [-0.15, -0.1) is 0 Å². The second-order valence-corrected chi connectivity index (χ2v) is 5.88. The second kappa shape index (κ2) is 8.02. The topological polar surface area (TPSA) is 38.3 Å². The molecule has 0 aromatic heterocycles. The summed E-state index contributed by atoms with van der Waals surface area (Å²) in [5.41, 5.74) is 1.98. The molecule has 0 bridgehead atoms. The number of hydrogen-bond acceptors (Lipinski definition) is 2. The smallest absolute Gasteiger partial charge is 0.224 e. The van der Waals surface area contributed by atoms with Gasteiger partial charge in [-0.05, 0) is 77.9 Å². The van der Waals surface area contributed by atoms with E-state index in [1.54, 1.807) is 0 Å². The zero-order valence-corrected chi connectivity index (χ0v) is 14.1. The number of carbonyl (C=O) groups excluding carboxylic acids is 1. The van der Waals surface area contributed by atoms with Crippen molar-refractivity contribution in [1.29, 1.82) is 0 Å². The summed E-state index contributed by atoms with van der Waals surface area (Å²) in [6, 6.07) is 15.7. The largest absolute Gasteiger partial charge is 0.494 e. The van der Waals surface area contributed by atoms with E-state index in [9.17, 15) is 4.79 Å². The predicted octanol–water partition coefficient (Wildman–Crippen LogP) is 4.26. The summed E-state index contributed by atoms with van der Waals surface area (Å²) in [6.07, 6.45) is 1.20. The molecular weight excluding hydrogens is 377 g/mol. The van der Waals surface area contributed by atoms with Crippen LogP contribution in [0.3, 0.4) is 0 Å². The fourth-order valence-corrected chi connectivity index (χ4v) is 2.29. The van der Waals surface area contributed by atoms with Crippen molar-refractivity contribution >= 4 is 34.2 Å². The predicted molar refractivity (Wildman–Crippen MR) is 93.7 cm³/mol. The zero-order valence-electron chi connectivity index (χ0n) is 11.9. The third kappa shape index (κ3) is 5.38. The Bertz CT molecular complexity index is 579. The molecule has 21 heavy (non-hydrogen) atoms. The number of benzene rings is 2. The molecule has 0 aliphatic carbocycles. The Morgan fingerprint density at radius 1 is 1.10 bits per heavy atom. The van der Waals surface area contributed by atoms with Crippen molar-refractivity contribution in [3.05, 3.63) is 57.7 Å². The molecule has 0 spiro atoms. The Morgan fingerprint density at radius 3 is 2.38 bits per heavy atom. The highest BCUT2D eigenvalue weighted by atomic mass is 127. The van der Waals surface area contributed by atoms with Crippen molar-refractivity contribution in [2.24, 2.45) is 0 Å². The monoisotopic (exact) mass is 395 g/mol. The lowest BCUT2D eigenvalue weighted by atomic mass is 10.1. The number of carbonyl (C=O) groups is 1. The van der Waals surface area contributed by atoms with Gasteiger partial charge in [0.15, 0.2) is 0 Å². The molecule has 0 saturated heterocycles. The third-order valence-electron chi connectivity index (χ3n) is 3.00. The molecular formula is C17H18INO2. The van der Waals surface area contributed by atoms with Gasteiger partial charge in [0, 0.05) is 15.7 Å². The van der Waals surface area contributed by atoms with E-state index in [4.69, 9.17) is 4.74 Å². The number of nitrogens with one attached hydrogen (secondary N) is 1. The van der Waals surface area contributed by atoms with Gasteiger partial charge in [-0.1, -0.05) is 12.1 Å². The van der Waals surface area contributed by atoms with Gasteiger partial charge in [0.1, 0.15) is 5.75 Å². The van der Waals surface area contributed by atoms with Crippen LogP contribution in [0, 0.1) is 3.57 Å². The Balaban J connectivity index is 1.81. The molecule has 1 amide bonds. The molecule has 2 rings (SSSR count). The maximum Gasteiger partial charge on any atom is 0.224 e. The summed E-state index contributed by atoms with van der Waals surface area (Å²) < 4.78 is 6.55. The molecule has 0 heterocycles. The molecule has 0 radical (unpaired) electrons. The van der Waals surface area contributed by atoms with Gasteiger partial charge in [0.2, 0.25) is 5.91 Å². The van der Waals surface area contributed by atoms with Crippen LogP contribution in [0.1, 0.15) is 18.9 Å². The first-order valence-electron chi connectivity index (χ1n) is 6.94. The van der Waals surface area contributed by atoms with E-state index in [2.05, 4.69) is 27.9 Å². The highest BCUT2D eigenvalue weighted by Gasteiger charge is 2.03. The van der Waals surface area contributed by atoms with E-state index in [0.29, 0.717) is 13.0 Å². The van der Waals surface area contributed by atoms with Crippen molar-refractivity contribution in [2.45, 2.75) is 19.8 Å². The lowest BCUT2D eigenvalue weighted by molar-refractivity contribution is -0.116. The summed E-state index contributed by atoms with van der Waals surface area (Å²) in [5, 5.41) is 2.90. The molecule has 2 aromatic carbocycles. The molecule has 0 aliphatic rings. The Morgan fingerprint density at radius 2 is 1.76 bits per heavy atom. The molecule has 0 saturated carbocycles. The van der Waals surface area contributed by atoms with Crippen LogP contribution in [0.5, 0.6) is 5.75 Å². The molecule has 4 heteroatoms. The average Bonchev–Trinajstić information content (AvgIpc) is 2.49. The molecule has 2 aromatic rings. The van der Waals surface area contributed by atoms with E-state index in [1.807, 2.05) is 55.5 Å². The van der Waals surface area contributed by atoms with Gasteiger partial charge >= 0.3 is 0 Å². The van der Waals surface area contributed by atoms with E-state index < -0.39 is 0 Å². The number of ether oxygens (including phenoxy) is 1. The van der Waals surface area contributed by atoms with Gasteiger partial charge in [-0.2, -0.15) is 0 Å². The van der Waals surface area contributed by atoms with Gasteiger partial charge in [-0.3, -0.25) is 4.79 Å². The molecule has 0 aliphatic heterocycles. The van der Waals surface area contributed by atoms with Crippen LogP contribution in [-0.2, 0) is 11.2 Å². The Kier molecular flexibility index (Phi) is 6.04. The fraction of sp³-hybridized carbons (Fsp3) is 0.235. The summed E-state index contributed by atoms with van der Waals surface area (Å²) in [6.45, 7) is 2.63. The zero-order chi connectivity index (χ0) is 15.1. The quantitative estimate of drug-likeness (QED) is 0.743. The SMILES string of the molecule is CCOc1ccc(CCC(=O)Nc2ccc(I)cc2)cc1. The van der Waals surface area contributed by atoms with Crippen LogP contribution in [-0.4, -0.2) is 12.5 Å². The molecule has 110 valence electrons. The van der Waals surface area contributed by atoms with Crippen LogP contribution < -0.4 is 10.1 Å². The van der Waals surface area contributed by atoms with Gasteiger partial charge in [0.25, 0.3) is 0 Å². The minimum atomic E-state index is 0.0325. The Labute approximate surface area is 138 Å². The molecule has 3 nitrogen and oxygen atoms in total. The summed E-state index contributed by atoms with van der Waals surface area (Å²) in [5.74, 6) is 0.898. The second-order valence-electron chi connectivity index (χ2n) is 4.63. The van der Waals surface area contributed by atoms with Crippen molar-refractivity contribution in [2.75, 3.05) is 11.9 Å². The van der Waals surface area contributed by atoms with Crippen molar-refractivity contribution in [3.63, 3.8) is 0 Å². The number of amides is 1. The van der Waals surface area contributed by atoms with E-state index in [-0.39, 0.29) is 5.91 Å². The molecule has 0 unspecified atom stereocenters. The lowest BCUT2D eigenvalue weighted by Gasteiger charge is -2.06. The van der Waals surface area contributed by atoms with Gasteiger partial charge in [-0.25, -0.2) is 0 Å². The maximum absolute atomic E-state index is 11.9. The minimum absolute atomic E-state index is 0.0325. The molecule has 1 N–H and O–H groups in total. The average molecular weight is 395 g/mol. The van der Waals surface area contributed by atoms with Crippen molar-refractivity contribution < 1.29 is 9.53 Å². The summed E-state index contributed by atoms with van der Waals surface area (Å²) in [7, 11) is 0. The van der Waals surface area contributed by atoms with Gasteiger partial charge < -0.3 is 10.1 Å². The fourth-order valence-electron chi connectivity index (χ4n) is 1.93. The normalized spacial score (nSPS) is 10.2. The first kappa shape index (κ1) is 15.8. The third-order valence-corrected chi connectivity index (χ3v) is 3.72. The van der Waals surface area contributed by atoms with Crippen LogP contribution >= 0.6 is 22.6 Å². The first-order valence-corrected chi connectivity index (χ1v) is 8.02. The standard InChI is InChI=1S/C17H18INO2/c1-2-21-16-10-3-13(4-11-16)5-12-17(20)19-15-8-6-14(18)7-9-15/h3-4,6-11H,2,5,12H2,1H3,(H,19,20). The number of halogens is 1. The van der Waals surface area contributed by atoms with Crippen LogP contribution in [0.25, 0.3) is 0 Å². The lowest BCUT2D eigenvalue weighted by Crippen LogP contribution is -2.12. The number of hydrogen-bond donors (Lipinski definition) is 1. The Hall–Kier alpha value is -1.56. The first-order chi connectivity index (χ1) is 10.2. The van der Waals surface area contributed by atoms with E-state index >= 15 is 0 Å². The van der Waals surface area contributed by atoms with Crippen LogP contribution in [0.4, 0.5) is 5.69 Å². The van der Waals surface area contributed by atoms with E-state index in [1.165, 1.54) is 0 Å². The van der Waals surface area contributed by atoms with E-state index in [0.717, 1.165) is 27.0 Å². The maximum atomic E-state index is 11.9. The molecule has 0 fully saturated rings. The van der Waals surface area contributed by atoms with Crippen LogP contribution in [0.15, 0.2) is 48.5 Å². The van der Waals surface area contributed by atoms with Crippen LogP contribution in [0.2, 0.25) is 0 Å². The summed E-state index contributed by atoms with van der Waals surface area (Å²) in [4.78, 5) is 11.9. The highest BCUT2D eigenvalue weighted by molar-refractivity contribution is 14.1.